The first-order valence-electron chi connectivity index (χ1n) is 2.87. The third-order valence-corrected chi connectivity index (χ3v) is 1.39. The predicted molar refractivity (Wildman–Crippen MR) is 47.7 cm³/mol. The van der Waals surface area contributed by atoms with Crippen LogP contribution in [0.3, 0.4) is 0 Å². The topological polar surface area (TPSA) is 35.5 Å². The standard InChI is InChI=1S/C5H12O3P.Cl2/c1-5(4-7-2)8-9(3)6;1-2/h5H,4H2,1-3H3;/q+1;. The number of methoxy groups -OCH3 is 1. The Hall–Kier alpha value is 0.600. The second-order valence-corrected chi connectivity index (χ2v) is 2.90. The molecule has 0 saturated heterocycles. The van der Waals surface area contributed by atoms with Crippen molar-refractivity contribution in [3.05, 3.63) is 0 Å². The van der Waals surface area contributed by atoms with Crippen LogP contribution in [0.15, 0.2) is 0 Å². The van der Waals surface area contributed by atoms with Crippen LogP contribution in [-0.4, -0.2) is 26.5 Å². The molecule has 0 rings (SSSR count). The van der Waals surface area contributed by atoms with Gasteiger partial charge in [-0.1, -0.05) is 0 Å². The maximum atomic E-state index is 10.4. The van der Waals surface area contributed by atoms with Crippen molar-refractivity contribution in [1.82, 2.24) is 0 Å². The lowest BCUT2D eigenvalue weighted by Crippen LogP contribution is -2.10. The first-order chi connectivity index (χ1) is 5.16. The minimum absolute atomic E-state index is 0.0661. The Morgan fingerprint density at radius 1 is 1.55 bits per heavy atom. The molecule has 0 aromatic heterocycles. The molecular weight excluding hydrogens is 210 g/mol. The van der Waals surface area contributed by atoms with Crippen LogP contribution in [-0.2, 0) is 13.8 Å². The van der Waals surface area contributed by atoms with E-state index in [1.54, 1.807) is 7.11 Å². The molecule has 0 spiro atoms. The van der Waals surface area contributed by atoms with Gasteiger partial charge in [-0.15, -0.1) is 4.52 Å². The van der Waals surface area contributed by atoms with Crippen LogP contribution >= 0.6 is 29.7 Å². The van der Waals surface area contributed by atoms with Crippen LogP contribution in [0.25, 0.3) is 0 Å². The zero-order valence-corrected chi connectivity index (χ0v) is 9.12. The molecule has 0 heterocycles. The average Bonchev–Trinajstić information content (AvgIpc) is 1.91. The van der Waals surface area contributed by atoms with Gasteiger partial charge < -0.3 is 4.74 Å². The lowest BCUT2D eigenvalue weighted by atomic mass is 10.5. The first-order valence-corrected chi connectivity index (χ1v) is 5.64. The van der Waals surface area contributed by atoms with E-state index in [0.717, 1.165) is 0 Å². The summed E-state index contributed by atoms with van der Waals surface area (Å²) in [6, 6.07) is 0. The van der Waals surface area contributed by atoms with E-state index in [1.165, 1.54) is 6.66 Å². The van der Waals surface area contributed by atoms with Crippen molar-refractivity contribution in [3.8, 4) is 0 Å². The van der Waals surface area contributed by atoms with Crippen molar-refractivity contribution >= 4 is 29.7 Å². The summed E-state index contributed by atoms with van der Waals surface area (Å²) < 4.78 is 20.0. The quantitative estimate of drug-likeness (QED) is 0.686. The summed E-state index contributed by atoms with van der Waals surface area (Å²) in [5.74, 6) is 0. The molecule has 0 aromatic carbocycles. The van der Waals surface area contributed by atoms with Crippen LogP contribution in [0.1, 0.15) is 6.92 Å². The fourth-order valence-electron chi connectivity index (χ4n) is 0.519. The summed E-state index contributed by atoms with van der Waals surface area (Å²) in [6.07, 6.45) is -0.0661. The van der Waals surface area contributed by atoms with Gasteiger partial charge in [-0.05, 0) is 11.5 Å². The van der Waals surface area contributed by atoms with Gasteiger partial charge in [0.1, 0.15) is 6.10 Å². The normalized spacial score (nSPS) is 13.0. The Bertz CT molecular complexity index is 102. The highest BCUT2D eigenvalue weighted by atomic mass is 36.5. The van der Waals surface area contributed by atoms with E-state index >= 15 is 0 Å². The second-order valence-electron chi connectivity index (χ2n) is 1.81. The molecule has 6 heteroatoms. The molecule has 0 amide bonds. The molecule has 0 N–H and O–H groups in total. The Balaban J connectivity index is 0. The van der Waals surface area contributed by atoms with Crippen LogP contribution < -0.4 is 0 Å². The zero-order chi connectivity index (χ0) is 9.28. The fraction of sp³-hybridized carbons (Fsp3) is 1.00. The molecule has 2 atom stereocenters. The van der Waals surface area contributed by atoms with E-state index in [9.17, 15) is 4.57 Å². The predicted octanol–water partition coefficient (Wildman–Crippen LogP) is 2.79. The molecule has 0 aliphatic heterocycles. The molecule has 0 radical (unpaired) electrons. The second kappa shape index (κ2) is 10.6. The molecule has 0 aliphatic carbocycles. The Morgan fingerprint density at radius 2 is 2.00 bits per heavy atom. The van der Waals surface area contributed by atoms with Crippen molar-refractivity contribution < 1.29 is 13.8 Å². The van der Waals surface area contributed by atoms with Gasteiger partial charge in [0.05, 0.1) is 6.61 Å². The Labute approximate surface area is 77.4 Å². The summed E-state index contributed by atoms with van der Waals surface area (Å²) in [6.45, 7) is 3.84. The summed E-state index contributed by atoms with van der Waals surface area (Å²) >= 11 is 0. The van der Waals surface area contributed by atoms with Crippen molar-refractivity contribution in [2.24, 2.45) is 0 Å². The van der Waals surface area contributed by atoms with Crippen LogP contribution in [0.4, 0.5) is 0 Å². The van der Waals surface area contributed by atoms with E-state index in [0.29, 0.717) is 6.61 Å². The summed E-state index contributed by atoms with van der Waals surface area (Å²) in [5.41, 5.74) is 0. The summed E-state index contributed by atoms with van der Waals surface area (Å²) in [5, 5.41) is 0. The largest absolute Gasteiger partial charge is 0.505 e. The summed E-state index contributed by atoms with van der Waals surface area (Å²) in [4.78, 5) is 0. The van der Waals surface area contributed by atoms with E-state index < -0.39 is 8.03 Å². The average molecular weight is 222 g/mol. The maximum absolute atomic E-state index is 10.4. The van der Waals surface area contributed by atoms with Crippen molar-refractivity contribution in [1.29, 1.82) is 0 Å². The molecule has 68 valence electrons. The highest BCUT2D eigenvalue weighted by molar-refractivity contribution is 7.38. The van der Waals surface area contributed by atoms with Gasteiger partial charge >= 0.3 is 8.03 Å². The van der Waals surface area contributed by atoms with Crippen LogP contribution in [0, 0.1) is 0 Å². The SMILES string of the molecule is COCC(C)O[P+](C)=O.ClCl. The third-order valence-electron chi connectivity index (χ3n) is 0.730. The smallest absolute Gasteiger partial charge is 0.382 e. The third kappa shape index (κ3) is 13.6. The van der Waals surface area contributed by atoms with E-state index in [1.807, 2.05) is 6.92 Å². The zero-order valence-electron chi connectivity index (χ0n) is 6.71. The van der Waals surface area contributed by atoms with Gasteiger partial charge in [-0.2, -0.15) is 0 Å². The van der Waals surface area contributed by atoms with E-state index in [4.69, 9.17) is 9.26 Å². The maximum Gasteiger partial charge on any atom is 0.505 e. The Morgan fingerprint density at radius 3 is 2.27 bits per heavy atom. The van der Waals surface area contributed by atoms with Gasteiger partial charge in [0.2, 0.25) is 0 Å². The van der Waals surface area contributed by atoms with E-state index in [-0.39, 0.29) is 6.10 Å². The lowest BCUT2D eigenvalue weighted by Gasteiger charge is -1.99. The van der Waals surface area contributed by atoms with Crippen LogP contribution in [0.2, 0.25) is 0 Å². The molecule has 11 heavy (non-hydrogen) atoms. The van der Waals surface area contributed by atoms with Gasteiger partial charge in [-0.25, -0.2) is 0 Å². The molecule has 3 nitrogen and oxygen atoms in total. The molecule has 0 fully saturated rings. The molecule has 0 bridgehead atoms. The lowest BCUT2D eigenvalue weighted by molar-refractivity contribution is 0.0982. The minimum Gasteiger partial charge on any atom is -0.382 e. The van der Waals surface area contributed by atoms with Crippen molar-refractivity contribution in [3.63, 3.8) is 0 Å². The highest BCUT2D eigenvalue weighted by Crippen LogP contribution is 2.17. The molecular formula is C5H12Cl2O3P+. The molecule has 0 aromatic rings. The number of rotatable bonds is 4. The first kappa shape index (κ1) is 14.1. The van der Waals surface area contributed by atoms with Gasteiger partial charge in [0.25, 0.3) is 0 Å². The molecule has 2 unspecified atom stereocenters. The van der Waals surface area contributed by atoms with Gasteiger partial charge in [0.15, 0.2) is 6.66 Å². The molecule has 0 aliphatic rings. The van der Waals surface area contributed by atoms with Gasteiger partial charge in [0, 0.05) is 28.8 Å². The number of ether oxygens (including phenoxy) is 1. The van der Waals surface area contributed by atoms with Crippen LogP contribution in [0.5, 0.6) is 0 Å². The fourth-order valence-corrected chi connectivity index (χ4v) is 1.09. The number of halogens is 2. The number of hydrogen-bond acceptors (Lipinski definition) is 3. The van der Waals surface area contributed by atoms with Gasteiger partial charge in [-0.3, -0.25) is 0 Å². The minimum atomic E-state index is -1.48. The highest BCUT2D eigenvalue weighted by Gasteiger charge is 2.13. The molecule has 0 saturated carbocycles. The number of hydrogen-bond donors (Lipinski definition) is 0. The van der Waals surface area contributed by atoms with E-state index in [2.05, 4.69) is 21.7 Å². The monoisotopic (exact) mass is 221 g/mol. The van der Waals surface area contributed by atoms with Crippen molar-refractivity contribution in [2.45, 2.75) is 13.0 Å². The summed E-state index contributed by atoms with van der Waals surface area (Å²) in [7, 11) is 8.33. The Kier molecular flexibility index (Phi) is 13.6. The van der Waals surface area contributed by atoms with Crippen molar-refractivity contribution in [2.75, 3.05) is 20.4 Å².